The molecular formula is C18H16Cl2FN3O2S. The fourth-order valence-corrected chi connectivity index (χ4v) is 3.80. The van der Waals surface area contributed by atoms with Gasteiger partial charge in [0.15, 0.2) is 0 Å². The molecule has 0 radical (unpaired) electrons. The van der Waals surface area contributed by atoms with Crippen molar-refractivity contribution in [2.75, 3.05) is 0 Å². The largest absolute Gasteiger partial charge is 0.286 e. The maximum absolute atomic E-state index is 13.3. The van der Waals surface area contributed by atoms with Crippen molar-refractivity contribution < 1.29 is 12.8 Å². The number of imidazole rings is 1. The molecule has 2 aromatic carbocycles. The molecule has 0 atom stereocenters. The Kier molecular flexibility index (Phi) is 5.07. The molecule has 27 heavy (non-hydrogen) atoms. The summed E-state index contributed by atoms with van der Waals surface area (Å²) in [4.78, 5) is 4.02. The Labute approximate surface area is 166 Å². The van der Waals surface area contributed by atoms with Gasteiger partial charge in [0.2, 0.25) is 5.16 Å². The van der Waals surface area contributed by atoms with Crippen LogP contribution in [-0.2, 0) is 15.4 Å². The molecule has 0 bridgehead atoms. The normalized spacial score (nSPS) is 12.4. The van der Waals surface area contributed by atoms with Crippen molar-refractivity contribution in [2.24, 2.45) is 5.14 Å². The van der Waals surface area contributed by atoms with Gasteiger partial charge in [-0.15, -0.1) is 0 Å². The molecule has 0 unspecified atom stereocenters. The van der Waals surface area contributed by atoms with E-state index in [0.29, 0.717) is 21.4 Å². The van der Waals surface area contributed by atoms with E-state index in [-0.39, 0.29) is 5.16 Å². The molecule has 9 heteroatoms. The predicted octanol–water partition coefficient (Wildman–Crippen LogP) is 4.29. The quantitative estimate of drug-likeness (QED) is 0.674. The van der Waals surface area contributed by atoms with E-state index in [1.807, 2.05) is 13.8 Å². The lowest BCUT2D eigenvalue weighted by Gasteiger charge is -2.27. The van der Waals surface area contributed by atoms with Crippen LogP contribution in [-0.4, -0.2) is 18.0 Å². The second-order valence-corrected chi connectivity index (χ2v) is 8.81. The molecule has 0 saturated heterocycles. The van der Waals surface area contributed by atoms with Crippen LogP contribution in [0.3, 0.4) is 0 Å². The average molecular weight is 428 g/mol. The van der Waals surface area contributed by atoms with Gasteiger partial charge in [-0.1, -0.05) is 43.1 Å². The van der Waals surface area contributed by atoms with E-state index < -0.39 is 21.3 Å². The van der Waals surface area contributed by atoms with E-state index >= 15 is 0 Å². The zero-order valence-electron chi connectivity index (χ0n) is 14.4. The van der Waals surface area contributed by atoms with E-state index in [1.165, 1.54) is 35.0 Å². The summed E-state index contributed by atoms with van der Waals surface area (Å²) < 4.78 is 38.9. The number of halogens is 3. The number of sulfonamides is 1. The monoisotopic (exact) mass is 427 g/mol. The number of aromatic nitrogens is 2. The molecule has 3 aromatic rings. The first-order valence-corrected chi connectivity index (χ1v) is 10.1. The van der Waals surface area contributed by atoms with E-state index in [1.54, 1.807) is 18.2 Å². The third kappa shape index (κ3) is 3.73. The molecule has 0 aliphatic carbocycles. The number of nitrogens with two attached hydrogens (primary N) is 1. The number of nitrogens with zero attached hydrogens (tertiary/aromatic N) is 2. The van der Waals surface area contributed by atoms with Crippen LogP contribution in [0, 0.1) is 5.82 Å². The van der Waals surface area contributed by atoms with Gasteiger partial charge >= 0.3 is 0 Å². The van der Waals surface area contributed by atoms with E-state index in [2.05, 4.69) is 4.98 Å². The summed E-state index contributed by atoms with van der Waals surface area (Å²) in [6.45, 7) is 3.77. The minimum Gasteiger partial charge on any atom is -0.286 e. The summed E-state index contributed by atoms with van der Waals surface area (Å²) in [6, 6.07) is 10.6. The Bertz CT molecular complexity index is 1110. The van der Waals surface area contributed by atoms with Crippen LogP contribution in [0.25, 0.3) is 5.69 Å². The van der Waals surface area contributed by atoms with Gasteiger partial charge in [-0.3, -0.25) is 4.57 Å². The fourth-order valence-electron chi connectivity index (χ4n) is 2.85. The van der Waals surface area contributed by atoms with Crippen LogP contribution in [0.4, 0.5) is 4.39 Å². The van der Waals surface area contributed by atoms with Gasteiger partial charge in [-0.25, -0.2) is 22.9 Å². The third-order valence-corrected chi connectivity index (χ3v) is 5.89. The molecule has 0 amide bonds. The van der Waals surface area contributed by atoms with Crippen molar-refractivity contribution in [1.29, 1.82) is 0 Å². The van der Waals surface area contributed by atoms with Gasteiger partial charge in [0.25, 0.3) is 10.0 Å². The molecule has 0 aliphatic heterocycles. The molecular weight excluding hydrogens is 412 g/mol. The maximum atomic E-state index is 13.3. The summed E-state index contributed by atoms with van der Waals surface area (Å²) >= 11 is 12.1. The zero-order chi connectivity index (χ0) is 20.0. The van der Waals surface area contributed by atoms with Crippen molar-refractivity contribution in [3.63, 3.8) is 0 Å². The van der Waals surface area contributed by atoms with Gasteiger partial charge in [0.05, 0.1) is 21.9 Å². The number of hydrogen-bond donors (Lipinski definition) is 1. The Balaban J connectivity index is 2.28. The van der Waals surface area contributed by atoms with Crippen molar-refractivity contribution in [2.45, 2.75) is 24.4 Å². The molecule has 2 N–H and O–H groups in total. The van der Waals surface area contributed by atoms with Crippen molar-refractivity contribution in [3.8, 4) is 5.69 Å². The minimum absolute atomic E-state index is 0.336. The summed E-state index contributed by atoms with van der Waals surface area (Å²) in [7, 11) is -4.12. The van der Waals surface area contributed by atoms with Crippen molar-refractivity contribution in [1.82, 2.24) is 9.55 Å². The Hall–Kier alpha value is -1.93. The second-order valence-electron chi connectivity index (χ2n) is 6.54. The number of hydrogen-bond acceptors (Lipinski definition) is 3. The Morgan fingerprint density at radius 3 is 2.26 bits per heavy atom. The van der Waals surface area contributed by atoms with Crippen LogP contribution in [0.5, 0.6) is 0 Å². The molecule has 5 nitrogen and oxygen atoms in total. The molecule has 0 spiro atoms. The number of rotatable bonds is 4. The molecule has 142 valence electrons. The molecule has 0 aliphatic rings. The van der Waals surface area contributed by atoms with Crippen molar-refractivity contribution in [3.05, 3.63) is 75.8 Å². The minimum atomic E-state index is -4.12. The second kappa shape index (κ2) is 6.91. The lowest BCUT2D eigenvalue weighted by atomic mass is 9.81. The Morgan fingerprint density at radius 1 is 1.07 bits per heavy atom. The first kappa shape index (κ1) is 19.8. The number of primary sulfonamides is 1. The van der Waals surface area contributed by atoms with Crippen LogP contribution >= 0.6 is 23.2 Å². The highest BCUT2D eigenvalue weighted by Gasteiger charge is 2.32. The van der Waals surface area contributed by atoms with E-state index in [0.717, 1.165) is 5.56 Å². The topological polar surface area (TPSA) is 78.0 Å². The van der Waals surface area contributed by atoms with Gasteiger partial charge in [-0.2, -0.15) is 0 Å². The SMILES string of the molecule is CC(C)(c1ccc(Cl)c(Cl)c1)c1cnc(S(N)(=O)=O)n1-c1ccc(F)cc1. The molecule has 3 rings (SSSR count). The summed E-state index contributed by atoms with van der Waals surface area (Å²) in [5.74, 6) is -0.443. The van der Waals surface area contributed by atoms with E-state index in [4.69, 9.17) is 28.3 Å². The van der Waals surface area contributed by atoms with E-state index in [9.17, 15) is 12.8 Å². The van der Waals surface area contributed by atoms with Crippen LogP contribution in [0.2, 0.25) is 10.0 Å². The predicted molar refractivity (Wildman–Crippen MR) is 103 cm³/mol. The van der Waals surface area contributed by atoms with Crippen LogP contribution in [0.15, 0.2) is 53.8 Å². The zero-order valence-corrected chi connectivity index (χ0v) is 16.8. The summed E-state index contributed by atoms with van der Waals surface area (Å²) in [5, 5.41) is 5.79. The first-order valence-electron chi connectivity index (χ1n) is 7.84. The Morgan fingerprint density at radius 2 is 1.70 bits per heavy atom. The lowest BCUT2D eigenvalue weighted by Crippen LogP contribution is -2.25. The highest BCUT2D eigenvalue weighted by Crippen LogP contribution is 2.37. The third-order valence-electron chi connectivity index (χ3n) is 4.35. The standard InChI is InChI=1S/C18H16Cl2FN3O2S/c1-18(2,11-3-8-14(19)15(20)9-11)16-10-23-17(27(22,25)26)24(16)13-6-4-12(21)5-7-13/h3-10H,1-2H3,(H2,22,25,26). The maximum Gasteiger partial charge on any atom is 0.272 e. The lowest BCUT2D eigenvalue weighted by molar-refractivity contribution is 0.569. The number of benzene rings is 2. The van der Waals surface area contributed by atoms with Gasteiger partial charge in [-0.05, 0) is 42.0 Å². The van der Waals surface area contributed by atoms with Crippen LogP contribution < -0.4 is 5.14 Å². The van der Waals surface area contributed by atoms with Gasteiger partial charge < -0.3 is 0 Å². The summed E-state index contributed by atoms with van der Waals surface area (Å²) in [5.41, 5.74) is 1.04. The smallest absolute Gasteiger partial charge is 0.272 e. The summed E-state index contributed by atoms with van der Waals surface area (Å²) in [6.07, 6.45) is 1.44. The van der Waals surface area contributed by atoms with Crippen LogP contribution in [0.1, 0.15) is 25.1 Å². The fraction of sp³-hybridized carbons (Fsp3) is 0.167. The van der Waals surface area contributed by atoms with Gasteiger partial charge in [0, 0.05) is 11.1 Å². The first-order chi connectivity index (χ1) is 12.5. The van der Waals surface area contributed by atoms with Crippen molar-refractivity contribution >= 4 is 33.2 Å². The average Bonchev–Trinajstić information content (AvgIpc) is 3.04. The highest BCUT2D eigenvalue weighted by molar-refractivity contribution is 7.89. The molecule has 1 heterocycles. The molecule has 1 aromatic heterocycles. The molecule has 0 fully saturated rings. The highest BCUT2D eigenvalue weighted by atomic mass is 35.5. The molecule has 0 saturated carbocycles. The van der Waals surface area contributed by atoms with Gasteiger partial charge in [0.1, 0.15) is 5.82 Å².